The smallest absolute Gasteiger partial charge is 0.353 e. The molecule has 3 rings (SSSR count). The first-order valence-electron chi connectivity index (χ1n) is 9.31. The van der Waals surface area contributed by atoms with Crippen molar-refractivity contribution < 1.29 is 4.92 Å². The van der Waals surface area contributed by atoms with Crippen molar-refractivity contribution >= 4 is 29.1 Å². The Labute approximate surface area is 152 Å². The molecule has 0 saturated heterocycles. The summed E-state index contributed by atoms with van der Waals surface area (Å²) in [5.74, 6) is 0.740. The van der Waals surface area contributed by atoms with Crippen LogP contribution in [0.2, 0.25) is 0 Å². The largest absolute Gasteiger partial charge is 0.361 e. The molecule has 7 nitrogen and oxygen atoms in total. The van der Waals surface area contributed by atoms with E-state index >= 15 is 0 Å². The molecule has 0 aliphatic heterocycles. The number of nitrogens with one attached hydrogen (secondary N) is 2. The van der Waals surface area contributed by atoms with Gasteiger partial charge in [-0.05, 0) is 31.9 Å². The first kappa shape index (κ1) is 18.2. The lowest BCUT2D eigenvalue weighted by Gasteiger charge is -2.25. The van der Waals surface area contributed by atoms with E-state index in [0.29, 0.717) is 16.8 Å². The summed E-state index contributed by atoms with van der Waals surface area (Å²) in [5.41, 5.74) is -0.00560. The standard InChI is InChI=1S/C17H27N5O2S/c1-25-17-20-15(18-12-8-4-2-5-9-12)14(22(23)24)16(21-17)19-13-10-6-3-7-11-13/h12-13H,2-11H2,1H3,(H2,18,19,20,21). The minimum Gasteiger partial charge on any atom is -0.361 e. The Kier molecular flexibility index (Phi) is 6.34. The van der Waals surface area contributed by atoms with Gasteiger partial charge in [0, 0.05) is 12.1 Å². The maximum Gasteiger partial charge on any atom is 0.353 e. The number of hydrogen-bond acceptors (Lipinski definition) is 7. The Bertz CT molecular complexity index is 560. The van der Waals surface area contributed by atoms with E-state index in [2.05, 4.69) is 20.6 Å². The van der Waals surface area contributed by atoms with Gasteiger partial charge in [-0.1, -0.05) is 50.3 Å². The molecule has 2 N–H and O–H groups in total. The first-order chi connectivity index (χ1) is 12.2. The molecule has 1 heterocycles. The Morgan fingerprint density at radius 3 is 1.72 bits per heavy atom. The van der Waals surface area contributed by atoms with Crippen LogP contribution in [0.3, 0.4) is 0 Å². The molecule has 2 saturated carbocycles. The van der Waals surface area contributed by atoms with E-state index in [1.165, 1.54) is 50.3 Å². The highest BCUT2D eigenvalue weighted by molar-refractivity contribution is 7.98. The van der Waals surface area contributed by atoms with Gasteiger partial charge in [0.05, 0.1) is 4.92 Å². The molecular formula is C17H27N5O2S. The average molecular weight is 366 g/mol. The number of thioether (sulfide) groups is 1. The molecular weight excluding hydrogens is 338 g/mol. The molecule has 138 valence electrons. The number of aromatic nitrogens is 2. The van der Waals surface area contributed by atoms with Crippen LogP contribution in [0.1, 0.15) is 64.2 Å². The minimum atomic E-state index is -0.347. The summed E-state index contributed by atoms with van der Waals surface area (Å²) in [5, 5.41) is 19.0. The molecule has 0 atom stereocenters. The normalized spacial score (nSPS) is 19.6. The Hall–Kier alpha value is -1.57. The SMILES string of the molecule is CSc1nc(NC2CCCCC2)c([N+](=O)[O-])c(NC2CCCCC2)n1. The molecule has 1 aromatic heterocycles. The molecule has 2 aliphatic rings. The van der Waals surface area contributed by atoms with Crippen molar-refractivity contribution in [2.24, 2.45) is 0 Å². The number of nitro groups is 1. The molecule has 0 aromatic carbocycles. The summed E-state index contributed by atoms with van der Waals surface area (Å²) in [6.45, 7) is 0. The van der Waals surface area contributed by atoms with Crippen LogP contribution < -0.4 is 10.6 Å². The summed E-state index contributed by atoms with van der Waals surface area (Å²) in [4.78, 5) is 20.3. The van der Waals surface area contributed by atoms with Crippen molar-refractivity contribution in [2.75, 3.05) is 16.9 Å². The molecule has 25 heavy (non-hydrogen) atoms. The highest BCUT2D eigenvalue weighted by Crippen LogP contribution is 2.35. The van der Waals surface area contributed by atoms with Crippen LogP contribution in [0.25, 0.3) is 0 Å². The van der Waals surface area contributed by atoms with E-state index in [9.17, 15) is 10.1 Å². The maximum atomic E-state index is 11.8. The monoisotopic (exact) mass is 365 g/mol. The number of nitrogens with zero attached hydrogens (tertiary/aromatic N) is 3. The number of anilines is 2. The molecule has 2 fully saturated rings. The van der Waals surface area contributed by atoms with Gasteiger partial charge >= 0.3 is 5.69 Å². The van der Waals surface area contributed by atoms with Crippen molar-refractivity contribution in [3.63, 3.8) is 0 Å². The zero-order valence-corrected chi connectivity index (χ0v) is 15.6. The molecule has 0 amide bonds. The van der Waals surface area contributed by atoms with Crippen molar-refractivity contribution in [2.45, 2.75) is 81.4 Å². The predicted molar refractivity (Wildman–Crippen MR) is 101 cm³/mol. The fourth-order valence-electron chi connectivity index (χ4n) is 3.78. The summed E-state index contributed by atoms with van der Waals surface area (Å²) in [6, 6.07) is 0.527. The van der Waals surface area contributed by atoms with Crippen molar-refractivity contribution in [3.8, 4) is 0 Å². The molecule has 0 radical (unpaired) electrons. The lowest BCUT2D eigenvalue weighted by atomic mass is 9.95. The first-order valence-corrected chi connectivity index (χ1v) is 10.5. The maximum absolute atomic E-state index is 11.8. The summed E-state index contributed by atoms with van der Waals surface area (Å²) in [7, 11) is 0. The molecule has 1 aromatic rings. The van der Waals surface area contributed by atoms with Crippen LogP contribution in [0.15, 0.2) is 5.16 Å². The van der Waals surface area contributed by atoms with Gasteiger partial charge < -0.3 is 10.6 Å². The third-order valence-corrected chi connectivity index (χ3v) is 5.67. The van der Waals surface area contributed by atoms with Gasteiger partial charge in [0.2, 0.25) is 11.6 Å². The average Bonchev–Trinajstić information content (AvgIpc) is 2.63. The van der Waals surface area contributed by atoms with Gasteiger partial charge in [-0.15, -0.1) is 0 Å². The Balaban J connectivity index is 1.88. The van der Waals surface area contributed by atoms with Gasteiger partial charge in [0.1, 0.15) is 0 Å². The minimum absolute atomic E-state index is 0.00560. The van der Waals surface area contributed by atoms with Crippen LogP contribution >= 0.6 is 11.8 Å². The van der Waals surface area contributed by atoms with Crippen LogP contribution in [-0.4, -0.2) is 33.2 Å². The summed E-state index contributed by atoms with van der Waals surface area (Å²) >= 11 is 1.42. The predicted octanol–water partition coefficient (Wildman–Crippen LogP) is 4.60. The van der Waals surface area contributed by atoms with Gasteiger partial charge in [0.15, 0.2) is 5.16 Å². The Morgan fingerprint density at radius 1 is 0.920 bits per heavy atom. The van der Waals surface area contributed by atoms with Crippen molar-refractivity contribution in [1.82, 2.24) is 9.97 Å². The lowest BCUT2D eigenvalue weighted by molar-refractivity contribution is -0.383. The van der Waals surface area contributed by atoms with Crippen LogP contribution in [0.5, 0.6) is 0 Å². The van der Waals surface area contributed by atoms with Gasteiger partial charge in [-0.25, -0.2) is 0 Å². The third kappa shape index (κ3) is 4.74. The molecule has 2 aliphatic carbocycles. The lowest BCUT2D eigenvalue weighted by Crippen LogP contribution is -2.26. The van der Waals surface area contributed by atoms with E-state index in [-0.39, 0.29) is 22.7 Å². The number of hydrogen-bond donors (Lipinski definition) is 2. The van der Waals surface area contributed by atoms with Crippen LogP contribution in [-0.2, 0) is 0 Å². The van der Waals surface area contributed by atoms with E-state index in [4.69, 9.17) is 0 Å². The zero-order valence-electron chi connectivity index (χ0n) is 14.8. The van der Waals surface area contributed by atoms with Gasteiger partial charge in [0.25, 0.3) is 0 Å². The summed E-state index contributed by atoms with van der Waals surface area (Å²) < 4.78 is 0. The zero-order chi connectivity index (χ0) is 17.6. The highest BCUT2D eigenvalue weighted by atomic mass is 32.2. The Morgan fingerprint density at radius 2 is 1.36 bits per heavy atom. The number of rotatable bonds is 6. The van der Waals surface area contributed by atoms with E-state index in [0.717, 1.165) is 25.7 Å². The second-order valence-corrected chi connectivity index (χ2v) is 7.75. The second kappa shape index (κ2) is 8.69. The van der Waals surface area contributed by atoms with E-state index in [1.54, 1.807) is 0 Å². The molecule has 8 heteroatoms. The van der Waals surface area contributed by atoms with E-state index in [1.807, 2.05) is 6.26 Å². The molecule has 0 bridgehead atoms. The second-order valence-electron chi connectivity index (χ2n) is 6.97. The van der Waals surface area contributed by atoms with Crippen LogP contribution in [0.4, 0.5) is 17.3 Å². The van der Waals surface area contributed by atoms with Crippen molar-refractivity contribution in [1.29, 1.82) is 0 Å². The highest BCUT2D eigenvalue weighted by Gasteiger charge is 2.28. The molecule has 0 spiro atoms. The van der Waals surface area contributed by atoms with Gasteiger partial charge in [-0.3, -0.25) is 10.1 Å². The summed E-state index contributed by atoms with van der Waals surface area (Å²) in [6.07, 6.45) is 13.2. The molecule has 0 unspecified atom stereocenters. The van der Waals surface area contributed by atoms with E-state index < -0.39 is 0 Å². The fraction of sp³-hybridized carbons (Fsp3) is 0.765. The third-order valence-electron chi connectivity index (χ3n) is 5.12. The van der Waals surface area contributed by atoms with Crippen molar-refractivity contribution in [3.05, 3.63) is 10.1 Å². The van der Waals surface area contributed by atoms with Crippen LogP contribution in [0, 0.1) is 10.1 Å². The fourth-order valence-corrected chi connectivity index (χ4v) is 4.15. The topological polar surface area (TPSA) is 93.0 Å². The quantitative estimate of drug-likeness (QED) is 0.329. The van der Waals surface area contributed by atoms with Gasteiger partial charge in [-0.2, -0.15) is 9.97 Å².